The number of hydrogen-bond donors (Lipinski definition) is 2. The van der Waals surface area contributed by atoms with Gasteiger partial charge in [-0.1, -0.05) is 12.1 Å². The summed E-state index contributed by atoms with van der Waals surface area (Å²) >= 11 is 0. The molecule has 0 radical (unpaired) electrons. The van der Waals surface area contributed by atoms with Crippen molar-refractivity contribution in [3.63, 3.8) is 0 Å². The number of benzene rings is 1. The minimum absolute atomic E-state index is 0.0850. The molecule has 5 heteroatoms. The maximum Gasteiger partial charge on any atom is 0.221 e. The van der Waals surface area contributed by atoms with E-state index in [9.17, 15) is 9.90 Å². The fourth-order valence-electron chi connectivity index (χ4n) is 1.92. The highest BCUT2D eigenvalue weighted by molar-refractivity contribution is 5.88. The van der Waals surface area contributed by atoms with E-state index in [1.807, 2.05) is 24.3 Å². The second kappa shape index (κ2) is 6.65. The van der Waals surface area contributed by atoms with Crippen LogP contribution in [0.15, 0.2) is 24.3 Å². The van der Waals surface area contributed by atoms with Crippen LogP contribution in [0.4, 0.5) is 5.69 Å². The Hall–Kier alpha value is -1.43. The average molecular weight is 265 g/mol. The molecule has 0 aliphatic carbocycles. The van der Waals surface area contributed by atoms with Gasteiger partial charge in [-0.15, -0.1) is 0 Å². The molecule has 2 atom stereocenters. The number of nitrogens with one attached hydrogen (secondary N) is 1. The third-order valence-electron chi connectivity index (χ3n) is 2.92. The third-order valence-corrected chi connectivity index (χ3v) is 2.92. The van der Waals surface area contributed by atoms with Crippen molar-refractivity contribution in [3.05, 3.63) is 29.8 Å². The summed E-state index contributed by atoms with van der Waals surface area (Å²) in [4.78, 5) is 10.9. The Balaban J connectivity index is 1.78. The van der Waals surface area contributed by atoms with Crippen LogP contribution < -0.4 is 5.32 Å². The van der Waals surface area contributed by atoms with Crippen molar-refractivity contribution in [2.24, 2.45) is 0 Å². The fourth-order valence-corrected chi connectivity index (χ4v) is 1.92. The Morgan fingerprint density at radius 3 is 2.74 bits per heavy atom. The zero-order valence-electron chi connectivity index (χ0n) is 11.0. The number of amides is 1. The number of aliphatic hydroxyl groups is 1. The Morgan fingerprint density at radius 1 is 1.42 bits per heavy atom. The first kappa shape index (κ1) is 14.0. The van der Waals surface area contributed by atoms with Gasteiger partial charge in [0.1, 0.15) is 0 Å². The van der Waals surface area contributed by atoms with Crippen LogP contribution in [0.3, 0.4) is 0 Å². The van der Waals surface area contributed by atoms with Crippen LogP contribution >= 0.6 is 0 Å². The molecule has 0 bridgehead atoms. The molecule has 1 aromatic carbocycles. The molecule has 104 valence electrons. The summed E-state index contributed by atoms with van der Waals surface area (Å²) in [5, 5.41) is 12.0. The monoisotopic (exact) mass is 265 g/mol. The van der Waals surface area contributed by atoms with Gasteiger partial charge in [0, 0.05) is 19.0 Å². The lowest BCUT2D eigenvalue weighted by molar-refractivity contribution is -0.191. The predicted molar refractivity (Wildman–Crippen MR) is 70.5 cm³/mol. The summed E-state index contributed by atoms with van der Waals surface area (Å²) in [6.45, 7) is 2.28. The van der Waals surface area contributed by atoms with E-state index in [1.54, 1.807) is 0 Å². The van der Waals surface area contributed by atoms with Crippen LogP contribution in [0.1, 0.15) is 25.3 Å². The second-order valence-electron chi connectivity index (χ2n) is 4.68. The minimum Gasteiger partial charge on any atom is -0.391 e. The van der Waals surface area contributed by atoms with Crippen LogP contribution in [0.5, 0.6) is 0 Å². The van der Waals surface area contributed by atoms with Crippen molar-refractivity contribution < 1.29 is 19.4 Å². The molecular weight excluding hydrogens is 246 g/mol. The van der Waals surface area contributed by atoms with E-state index in [0.29, 0.717) is 26.1 Å². The summed E-state index contributed by atoms with van der Waals surface area (Å²) in [5.74, 6) is -0.0850. The van der Waals surface area contributed by atoms with Crippen molar-refractivity contribution in [1.29, 1.82) is 0 Å². The molecule has 2 N–H and O–H groups in total. The molecular formula is C14H19NO4. The molecule has 1 aliphatic heterocycles. The lowest BCUT2D eigenvalue weighted by Crippen LogP contribution is -2.30. The molecule has 5 nitrogen and oxygen atoms in total. The molecule has 0 aromatic heterocycles. The SMILES string of the molecule is CC(=O)Nc1ccc(CO[C@H]2CC[C@@H](O)CO2)cc1. The minimum atomic E-state index is -0.364. The van der Waals surface area contributed by atoms with Gasteiger partial charge >= 0.3 is 0 Å². The highest BCUT2D eigenvalue weighted by Gasteiger charge is 2.20. The van der Waals surface area contributed by atoms with Crippen LogP contribution in [0.25, 0.3) is 0 Å². The first-order valence-corrected chi connectivity index (χ1v) is 6.41. The van der Waals surface area contributed by atoms with Crippen molar-refractivity contribution in [3.8, 4) is 0 Å². The lowest BCUT2D eigenvalue weighted by Gasteiger charge is -2.26. The number of ether oxygens (including phenoxy) is 2. The average Bonchev–Trinajstić information content (AvgIpc) is 2.39. The number of carbonyl (C=O) groups excluding carboxylic acids is 1. The second-order valence-corrected chi connectivity index (χ2v) is 4.68. The van der Waals surface area contributed by atoms with Crippen LogP contribution in [0.2, 0.25) is 0 Å². The molecule has 0 spiro atoms. The van der Waals surface area contributed by atoms with Crippen LogP contribution in [-0.4, -0.2) is 30.0 Å². The van der Waals surface area contributed by atoms with Gasteiger partial charge in [0.15, 0.2) is 6.29 Å². The number of carbonyl (C=O) groups is 1. The van der Waals surface area contributed by atoms with Crippen molar-refractivity contribution in [2.45, 2.75) is 38.8 Å². The molecule has 1 aliphatic rings. The normalized spacial score (nSPS) is 23.1. The maximum absolute atomic E-state index is 10.9. The van der Waals surface area contributed by atoms with Gasteiger partial charge in [-0.25, -0.2) is 0 Å². The van der Waals surface area contributed by atoms with Gasteiger partial charge in [-0.05, 0) is 24.1 Å². The molecule has 0 saturated carbocycles. The van der Waals surface area contributed by atoms with Crippen molar-refractivity contribution in [1.82, 2.24) is 0 Å². The van der Waals surface area contributed by atoms with Gasteiger partial charge in [0.25, 0.3) is 0 Å². The van der Waals surface area contributed by atoms with Crippen molar-refractivity contribution in [2.75, 3.05) is 11.9 Å². The van der Waals surface area contributed by atoms with Crippen LogP contribution in [-0.2, 0) is 20.9 Å². The molecule has 1 amide bonds. The zero-order valence-corrected chi connectivity index (χ0v) is 11.0. The third kappa shape index (κ3) is 4.63. The smallest absolute Gasteiger partial charge is 0.221 e. The van der Waals surface area contributed by atoms with Gasteiger partial charge in [-0.2, -0.15) is 0 Å². The van der Waals surface area contributed by atoms with Gasteiger partial charge < -0.3 is 19.9 Å². The van der Waals surface area contributed by atoms with E-state index < -0.39 is 0 Å². The van der Waals surface area contributed by atoms with E-state index in [4.69, 9.17) is 9.47 Å². The number of rotatable bonds is 4. The highest BCUT2D eigenvalue weighted by atomic mass is 16.7. The number of hydrogen-bond acceptors (Lipinski definition) is 4. The lowest BCUT2D eigenvalue weighted by atomic mass is 10.1. The zero-order chi connectivity index (χ0) is 13.7. The van der Waals surface area contributed by atoms with E-state index in [0.717, 1.165) is 11.3 Å². The predicted octanol–water partition coefficient (Wildman–Crippen LogP) is 1.66. The molecule has 1 heterocycles. The summed E-state index contributed by atoms with van der Waals surface area (Å²) in [6, 6.07) is 7.49. The first-order valence-electron chi connectivity index (χ1n) is 6.41. The fraction of sp³-hybridized carbons (Fsp3) is 0.500. The molecule has 1 aromatic rings. The Kier molecular flexibility index (Phi) is 4.90. The van der Waals surface area contributed by atoms with Gasteiger partial charge in [0.05, 0.1) is 19.3 Å². The number of anilines is 1. The molecule has 19 heavy (non-hydrogen) atoms. The summed E-state index contributed by atoms with van der Waals surface area (Å²) < 4.78 is 11.0. The quantitative estimate of drug-likeness (QED) is 0.868. The topological polar surface area (TPSA) is 67.8 Å². The van der Waals surface area contributed by atoms with E-state index in [-0.39, 0.29) is 18.3 Å². The Bertz CT molecular complexity index is 410. The highest BCUT2D eigenvalue weighted by Crippen LogP contribution is 2.17. The van der Waals surface area contributed by atoms with Crippen LogP contribution in [0, 0.1) is 0 Å². The summed E-state index contributed by atoms with van der Waals surface area (Å²) in [7, 11) is 0. The molecule has 2 rings (SSSR count). The Labute approximate surface area is 112 Å². The molecule has 0 unspecified atom stereocenters. The summed E-state index contributed by atoms with van der Waals surface area (Å²) in [6.07, 6.45) is 0.826. The molecule has 1 fully saturated rings. The maximum atomic E-state index is 10.9. The van der Waals surface area contributed by atoms with Gasteiger partial charge in [0.2, 0.25) is 5.91 Å². The number of aliphatic hydroxyl groups excluding tert-OH is 1. The largest absolute Gasteiger partial charge is 0.391 e. The van der Waals surface area contributed by atoms with Crippen molar-refractivity contribution >= 4 is 11.6 Å². The van der Waals surface area contributed by atoms with E-state index >= 15 is 0 Å². The Morgan fingerprint density at radius 2 is 2.16 bits per heavy atom. The standard InChI is InChI=1S/C14H19NO4/c1-10(16)15-12-4-2-11(3-5-12)8-18-14-7-6-13(17)9-19-14/h2-5,13-14,17H,6-9H2,1H3,(H,15,16)/t13-,14-/m1/s1. The van der Waals surface area contributed by atoms with E-state index in [2.05, 4.69) is 5.32 Å². The van der Waals surface area contributed by atoms with E-state index in [1.165, 1.54) is 6.92 Å². The van der Waals surface area contributed by atoms with Gasteiger partial charge in [-0.3, -0.25) is 4.79 Å². The summed E-state index contributed by atoms with van der Waals surface area (Å²) in [5.41, 5.74) is 1.79. The molecule has 1 saturated heterocycles. The first-order chi connectivity index (χ1) is 9.13.